The summed E-state index contributed by atoms with van der Waals surface area (Å²) in [5, 5.41) is 2.71. The van der Waals surface area contributed by atoms with Gasteiger partial charge >= 0.3 is 6.09 Å². The van der Waals surface area contributed by atoms with Crippen LogP contribution in [-0.2, 0) is 33.3 Å². The molecular weight excluding hydrogens is 616 g/mol. The van der Waals surface area contributed by atoms with E-state index in [2.05, 4.69) is 49.0 Å². The first-order valence-electron chi connectivity index (χ1n) is 12.6. The zero-order valence-electron chi connectivity index (χ0n) is 20.8. The Morgan fingerprint density at radius 3 is 1.84 bits per heavy atom. The summed E-state index contributed by atoms with van der Waals surface area (Å²) in [5.41, 5.74) is 0. The SMILES string of the molecule is O=C(NCCOCCOCCOCCOCCN1C(=O)C(Br)=C(Br)C1=O)OCC1[C@H]2CCC#CCC[C@@H]12. The number of fused-ring (bicyclic) bond motifs is 1. The zero-order chi connectivity index (χ0) is 26.5. The Bertz CT molecular complexity index is 846. The Balaban J connectivity index is 1.03. The quantitative estimate of drug-likeness (QED) is 0.145. The maximum Gasteiger partial charge on any atom is 0.407 e. The van der Waals surface area contributed by atoms with Gasteiger partial charge in [0, 0.05) is 19.4 Å². The fourth-order valence-corrected chi connectivity index (χ4v) is 5.14. The predicted molar refractivity (Wildman–Crippen MR) is 141 cm³/mol. The zero-order valence-corrected chi connectivity index (χ0v) is 24.0. The van der Waals surface area contributed by atoms with Gasteiger partial charge in [0.25, 0.3) is 11.8 Å². The van der Waals surface area contributed by atoms with E-state index in [0.29, 0.717) is 77.2 Å². The minimum absolute atomic E-state index is 0.180. The Labute approximate surface area is 234 Å². The number of carbonyl (C=O) groups excluding carboxylic acids is 3. The Kier molecular flexibility index (Phi) is 13.4. The van der Waals surface area contributed by atoms with E-state index in [-0.39, 0.29) is 33.9 Å². The van der Waals surface area contributed by atoms with E-state index in [0.717, 1.165) is 30.6 Å². The molecule has 1 heterocycles. The second-order valence-corrected chi connectivity index (χ2v) is 10.4. The summed E-state index contributed by atoms with van der Waals surface area (Å²) < 4.78 is 27.5. The van der Waals surface area contributed by atoms with Gasteiger partial charge in [0.1, 0.15) is 8.96 Å². The van der Waals surface area contributed by atoms with Crippen LogP contribution < -0.4 is 5.32 Å². The molecule has 1 saturated carbocycles. The summed E-state index contributed by atoms with van der Waals surface area (Å²) in [6.45, 7) is 4.09. The molecule has 37 heavy (non-hydrogen) atoms. The average molecular weight is 650 g/mol. The van der Waals surface area contributed by atoms with Gasteiger partial charge in [-0.1, -0.05) is 0 Å². The number of imide groups is 1. The summed E-state index contributed by atoms with van der Waals surface area (Å²) in [5.74, 6) is 7.44. The van der Waals surface area contributed by atoms with E-state index >= 15 is 0 Å². The van der Waals surface area contributed by atoms with Crippen LogP contribution in [0.25, 0.3) is 0 Å². The Hall–Kier alpha value is -1.49. The van der Waals surface area contributed by atoms with Crippen molar-refractivity contribution in [3.63, 3.8) is 0 Å². The van der Waals surface area contributed by atoms with Gasteiger partial charge in [-0.2, -0.15) is 0 Å². The number of nitrogens with zero attached hydrogens (tertiary/aromatic N) is 1. The molecular formula is C25H34Br2N2O8. The second-order valence-electron chi connectivity index (χ2n) is 8.79. The van der Waals surface area contributed by atoms with E-state index in [4.69, 9.17) is 23.7 Å². The van der Waals surface area contributed by atoms with Crippen molar-refractivity contribution in [2.45, 2.75) is 25.7 Å². The molecule has 10 nitrogen and oxygen atoms in total. The molecule has 1 fully saturated rings. The number of nitrogens with one attached hydrogen (secondary N) is 1. The van der Waals surface area contributed by atoms with Gasteiger partial charge < -0.3 is 29.0 Å². The van der Waals surface area contributed by atoms with Crippen molar-refractivity contribution in [3.8, 4) is 11.8 Å². The molecule has 12 heteroatoms. The maximum absolute atomic E-state index is 11.9. The van der Waals surface area contributed by atoms with Gasteiger partial charge in [-0.3, -0.25) is 14.5 Å². The van der Waals surface area contributed by atoms with Crippen LogP contribution in [0, 0.1) is 29.6 Å². The topological polar surface area (TPSA) is 113 Å². The van der Waals surface area contributed by atoms with E-state index in [1.807, 2.05) is 0 Å². The number of hydrogen-bond acceptors (Lipinski definition) is 8. The van der Waals surface area contributed by atoms with Crippen molar-refractivity contribution < 1.29 is 38.1 Å². The van der Waals surface area contributed by atoms with Gasteiger partial charge in [-0.25, -0.2) is 4.79 Å². The lowest BCUT2D eigenvalue weighted by Crippen LogP contribution is -2.34. The van der Waals surface area contributed by atoms with Crippen molar-refractivity contribution in [2.75, 3.05) is 72.6 Å². The molecule has 3 atom stereocenters. The summed E-state index contributed by atoms with van der Waals surface area (Å²) in [6, 6.07) is 0. The minimum atomic E-state index is -0.396. The first-order chi connectivity index (χ1) is 18.0. The third-order valence-electron chi connectivity index (χ3n) is 6.40. The van der Waals surface area contributed by atoms with E-state index in [9.17, 15) is 14.4 Å². The molecule has 1 N–H and O–H groups in total. The summed E-state index contributed by atoms with van der Waals surface area (Å²) >= 11 is 6.16. The van der Waals surface area contributed by atoms with Crippen LogP contribution in [0.1, 0.15) is 25.7 Å². The van der Waals surface area contributed by atoms with Gasteiger partial charge in [0.05, 0.1) is 66.0 Å². The molecule has 1 unspecified atom stereocenters. The van der Waals surface area contributed by atoms with Crippen molar-refractivity contribution in [2.24, 2.45) is 17.8 Å². The summed E-state index contributed by atoms with van der Waals surface area (Å²) in [6.07, 6.45) is 3.75. The molecule has 1 aliphatic heterocycles. The van der Waals surface area contributed by atoms with E-state index in [1.54, 1.807) is 0 Å². The Morgan fingerprint density at radius 2 is 1.30 bits per heavy atom. The number of carbonyl (C=O) groups is 3. The largest absolute Gasteiger partial charge is 0.449 e. The number of rotatable bonds is 17. The van der Waals surface area contributed by atoms with Crippen LogP contribution in [0.2, 0.25) is 0 Å². The van der Waals surface area contributed by atoms with Crippen molar-refractivity contribution >= 4 is 49.8 Å². The lowest BCUT2D eigenvalue weighted by molar-refractivity contribution is -0.137. The van der Waals surface area contributed by atoms with Crippen molar-refractivity contribution in [1.29, 1.82) is 0 Å². The summed E-state index contributed by atoms with van der Waals surface area (Å²) in [4.78, 5) is 36.7. The van der Waals surface area contributed by atoms with Crippen molar-refractivity contribution in [1.82, 2.24) is 10.2 Å². The Morgan fingerprint density at radius 1 is 0.811 bits per heavy atom. The molecule has 0 radical (unpaired) electrons. The van der Waals surface area contributed by atoms with Crippen LogP contribution in [-0.4, -0.2) is 95.4 Å². The number of amides is 3. The van der Waals surface area contributed by atoms with Crippen molar-refractivity contribution in [3.05, 3.63) is 8.96 Å². The highest BCUT2D eigenvalue weighted by atomic mass is 79.9. The van der Waals surface area contributed by atoms with Gasteiger partial charge in [-0.15, -0.1) is 11.8 Å². The molecule has 0 bridgehead atoms. The first-order valence-corrected chi connectivity index (χ1v) is 14.2. The fourth-order valence-electron chi connectivity index (χ4n) is 4.37. The molecule has 0 saturated heterocycles. The molecule has 2 aliphatic carbocycles. The van der Waals surface area contributed by atoms with E-state index in [1.165, 1.54) is 0 Å². The molecule has 0 aromatic carbocycles. The molecule has 206 valence electrons. The third kappa shape index (κ3) is 9.96. The average Bonchev–Trinajstić information content (AvgIpc) is 3.49. The molecule has 0 spiro atoms. The van der Waals surface area contributed by atoms with Crippen LogP contribution in [0.3, 0.4) is 0 Å². The molecule has 0 aromatic rings. The molecule has 3 aliphatic rings. The second kappa shape index (κ2) is 16.5. The number of ether oxygens (including phenoxy) is 5. The minimum Gasteiger partial charge on any atom is -0.449 e. The normalized spacial score (nSPS) is 22.8. The standard InChI is InChI=1S/C25H34Br2N2O8/c26-21-22(27)24(31)29(23(21)30)8-10-34-12-14-36-16-15-35-13-11-33-9-7-28-25(32)37-17-20-18-5-3-1-2-4-6-19(18)20/h18-20H,3-17H2,(H,28,32)/t18-,19+,20?. The highest BCUT2D eigenvalue weighted by molar-refractivity contribution is 9.14. The van der Waals surface area contributed by atoms with Gasteiger partial charge in [-0.05, 0) is 62.5 Å². The lowest BCUT2D eigenvalue weighted by Gasteiger charge is -2.14. The molecule has 3 amide bonds. The number of hydrogen-bond donors (Lipinski definition) is 1. The predicted octanol–water partition coefficient (Wildman–Crippen LogP) is 2.59. The monoisotopic (exact) mass is 648 g/mol. The van der Waals surface area contributed by atoms with Gasteiger partial charge in [0.2, 0.25) is 0 Å². The van der Waals surface area contributed by atoms with Crippen LogP contribution in [0.4, 0.5) is 4.79 Å². The number of halogens is 2. The third-order valence-corrected chi connectivity index (χ3v) is 8.40. The van der Waals surface area contributed by atoms with Crippen LogP contribution in [0.15, 0.2) is 8.96 Å². The highest BCUT2D eigenvalue weighted by Crippen LogP contribution is 2.52. The van der Waals surface area contributed by atoms with E-state index < -0.39 is 6.09 Å². The van der Waals surface area contributed by atoms with Crippen LogP contribution >= 0.6 is 31.9 Å². The smallest absolute Gasteiger partial charge is 0.407 e. The van der Waals surface area contributed by atoms with Gasteiger partial charge in [0.15, 0.2) is 0 Å². The molecule has 0 aromatic heterocycles. The highest BCUT2D eigenvalue weighted by Gasteiger charge is 2.49. The maximum atomic E-state index is 11.9. The van der Waals surface area contributed by atoms with Crippen LogP contribution in [0.5, 0.6) is 0 Å². The number of alkyl carbamates (subject to hydrolysis) is 1. The fraction of sp³-hybridized carbons (Fsp3) is 0.720. The first kappa shape index (κ1) is 30.1. The molecule has 3 rings (SSSR count). The summed E-state index contributed by atoms with van der Waals surface area (Å²) in [7, 11) is 0. The lowest BCUT2D eigenvalue weighted by atomic mass is 10.1.